The summed E-state index contributed by atoms with van der Waals surface area (Å²) in [4.78, 5) is 17.0. The first-order valence-electron chi connectivity index (χ1n) is 7.53. The molecular weight excluding hydrogens is 272 g/mol. The molecule has 1 heterocycles. The largest absolute Gasteiger partial charge is 0.320 e. The number of para-hydroxylation sites is 1. The summed E-state index contributed by atoms with van der Waals surface area (Å²) in [5, 5.41) is 4.00. The molecule has 0 atom stereocenters. The van der Waals surface area contributed by atoms with Gasteiger partial charge in [-0.15, -0.1) is 0 Å². The molecule has 0 radical (unpaired) electrons. The monoisotopic (exact) mass is 290 g/mol. The van der Waals surface area contributed by atoms with Crippen molar-refractivity contribution in [2.24, 2.45) is 0 Å². The highest BCUT2D eigenvalue weighted by Gasteiger charge is 2.09. The third-order valence-electron chi connectivity index (χ3n) is 3.57. The standard InChI is InChI=1S/C19H18N2O/c1-2-7-16-13-12-14-10-6-11-17(18(14)20-16)21-19(22)15-8-4-3-5-9-15/h3-6,8-13H,2,7H2,1H3,(H,21,22). The van der Waals surface area contributed by atoms with Crippen molar-refractivity contribution in [2.75, 3.05) is 5.32 Å². The maximum absolute atomic E-state index is 12.3. The molecule has 1 aromatic heterocycles. The van der Waals surface area contributed by atoms with E-state index in [1.165, 1.54) is 0 Å². The first kappa shape index (κ1) is 14.3. The number of nitrogens with one attached hydrogen (secondary N) is 1. The van der Waals surface area contributed by atoms with Gasteiger partial charge in [0, 0.05) is 16.6 Å². The summed E-state index contributed by atoms with van der Waals surface area (Å²) < 4.78 is 0. The third kappa shape index (κ3) is 2.98. The topological polar surface area (TPSA) is 42.0 Å². The summed E-state index contributed by atoms with van der Waals surface area (Å²) in [6.45, 7) is 2.13. The summed E-state index contributed by atoms with van der Waals surface area (Å²) in [5.41, 5.74) is 3.29. The van der Waals surface area contributed by atoms with Crippen molar-refractivity contribution in [3.05, 3.63) is 71.9 Å². The van der Waals surface area contributed by atoms with Crippen LogP contribution in [0.5, 0.6) is 0 Å². The lowest BCUT2D eigenvalue weighted by atomic mass is 10.1. The highest BCUT2D eigenvalue weighted by Crippen LogP contribution is 2.23. The van der Waals surface area contributed by atoms with E-state index in [2.05, 4.69) is 24.4 Å². The minimum atomic E-state index is -0.115. The van der Waals surface area contributed by atoms with Gasteiger partial charge in [0.1, 0.15) is 0 Å². The predicted octanol–water partition coefficient (Wildman–Crippen LogP) is 4.44. The summed E-state index contributed by atoms with van der Waals surface area (Å²) >= 11 is 0. The van der Waals surface area contributed by atoms with Crippen LogP contribution < -0.4 is 5.32 Å². The van der Waals surface area contributed by atoms with E-state index in [4.69, 9.17) is 4.98 Å². The molecule has 3 heteroatoms. The fourth-order valence-corrected chi connectivity index (χ4v) is 2.47. The Morgan fingerprint density at radius 3 is 2.59 bits per heavy atom. The quantitative estimate of drug-likeness (QED) is 0.772. The number of nitrogens with zero attached hydrogens (tertiary/aromatic N) is 1. The van der Waals surface area contributed by atoms with E-state index in [1.807, 2.05) is 36.4 Å². The number of hydrogen-bond donors (Lipinski definition) is 1. The molecular formula is C19H18N2O. The second-order valence-electron chi connectivity index (χ2n) is 5.25. The zero-order valence-electron chi connectivity index (χ0n) is 12.5. The van der Waals surface area contributed by atoms with Crippen LogP contribution in [0.15, 0.2) is 60.7 Å². The van der Waals surface area contributed by atoms with Crippen LogP contribution in [-0.4, -0.2) is 10.9 Å². The molecule has 0 aliphatic heterocycles. The predicted molar refractivity (Wildman–Crippen MR) is 90.1 cm³/mol. The molecule has 0 saturated carbocycles. The number of aromatic nitrogens is 1. The van der Waals surface area contributed by atoms with Gasteiger partial charge in [0.2, 0.25) is 0 Å². The van der Waals surface area contributed by atoms with Crippen LogP contribution in [0.3, 0.4) is 0 Å². The molecule has 22 heavy (non-hydrogen) atoms. The summed E-state index contributed by atoms with van der Waals surface area (Å²) in [6, 6.07) is 19.2. The Kier molecular flexibility index (Phi) is 4.15. The first-order chi connectivity index (χ1) is 10.8. The molecule has 3 nitrogen and oxygen atoms in total. The lowest BCUT2D eigenvalue weighted by molar-refractivity contribution is 0.102. The Balaban J connectivity index is 1.96. The highest BCUT2D eigenvalue weighted by atomic mass is 16.1. The molecule has 3 aromatic rings. The number of aryl methyl sites for hydroxylation is 1. The van der Waals surface area contributed by atoms with Crippen molar-refractivity contribution >= 4 is 22.5 Å². The lowest BCUT2D eigenvalue weighted by Crippen LogP contribution is -2.12. The third-order valence-corrected chi connectivity index (χ3v) is 3.57. The number of amides is 1. The molecule has 0 aliphatic rings. The molecule has 0 bridgehead atoms. The van der Waals surface area contributed by atoms with E-state index in [0.29, 0.717) is 5.56 Å². The van der Waals surface area contributed by atoms with Crippen LogP contribution in [0.4, 0.5) is 5.69 Å². The number of carbonyl (C=O) groups excluding carboxylic acids is 1. The molecule has 110 valence electrons. The Morgan fingerprint density at radius 1 is 1.00 bits per heavy atom. The zero-order chi connectivity index (χ0) is 15.4. The maximum Gasteiger partial charge on any atom is 0.255 e. The van der Waals surface area contributed by atoms with Crippen molar-refractivity contribution in [2.45, 2.75) is 19.8 Å². The number of rotatable bonds is 4. The number of benzene rings is 2. The van der Waals surface area contributed by atoms with Gasteiger partial charge in [-0.1, -0.05) is 49.7 Å². The number of anilines is 1. The van der Waals surface area contributed by atoms with Gasteiger partial charge in [0.25, 0.3) is 5.91 Å². The van der Waals surface area contributed by atoms with E-state index in [1.54, 1.807) is 12.1 Å². The van der Waals surface area contributed by atoms with E-state index < -0.39 is 0 Å². The van der Waals surface area contributed by atoms with Gasteiger partial charge in [0.05, 0.1) is 11.2 Å². The van der Waals surface area contributed by atoms with Gasteiger partial charge in [-0.2, -0.15) is 0 Å². The van der Waals surface area contributed by atoms with Crippen LogP contribution in [-0.2, 0) is 6.42 Å². The van der Waals surface area contributed by atoms with Gasteiger partial charge < -0.3 is 5.32 Å². The molecule has 1 amide bonds. The maximum atomic E-state index is 12.3. The van der Waals surface area contributed by atoms with Crippen LogP contribution >= 0.6 is 0 Å². The van der Waals surface area contributed by atoms with Crippen molar-refractivity contribution in [1.82, 2.24) is 4.98 Å². The van der Waals surface area contributed by atoms with Crippen molar-refractivity contribution in [1.29, 1.82) is 0 Å². The summed E-state index contributed by atoms with van der Waals surface area (Å²) in [6.07, 6.45) is 1.99. The molecule has 0 fully saturated rings. The Labute approximate surface area is 130 Å². The minimum Gasteiger partial charge on any atom is -0.320 e. The second-order valence-corrected chi connectivity index (χ2v) is 5.25. The summed E-state index contributed by atoms with van der Waals surface area (Å²) in [7, 11) is 0. The Hall–Kier alpha value is -2.68. The molecule has 1 N–H and O–H groups in total. The average molecular weight is 290 g/mol. The van der Waals surface area contributed by atoms with Crippen LogP contribution in [0, 0.1) is 0 Å². The van der Waals surface area contributed by atoms with E-state index in [9.17, 15) is 4.79 Å². The SMILES string of the molecule is CCCc1ccc2cccc(NC(=O)c3ccccc3)c2n1. The number of fused-ring (bicyclic) bond motifs is 1. The van der Waals surface area contributed by atoms with Crippen LogP contribution in [0.25, 0.3) is 10.9 Å². The van der Waals surface area contributed by atoms with Gasteiger partial charge in [-0.05, 0) is 30.7 Å². The zero-order valence-corrected chi connectivity index (χ0v) is 12.5. The highest BCUT2D eigenvalue weighted by molar-refractivity contribution is 6.08. The lowest BCUT2D eigenvalue weighted by Gasteiger charge is -2.09. The normalized spacial score (nSPS) is 10.6. The van der Waals surface area contributed by atoms with Crippen molar-refractivity contribution in [3.63, 3.8) is 0 Å². The van der Waals surface area contributed by atoms with E-state index in [0.717, 1.165) is 35.1 Å². The van der Waals surface area contributed by atoms with Gasteiger partial charge >= 0.3 is 0 Å². The van der Waals surface area contributed by atoms with Crippen LogP contribution in [0.1, 0.15) is 29.4 Å². The van der Waals surface area contributed by atoms with Crippen molar-refractivity contribution in [3.8, 4) is 0 Å². The van der Waals surface area contributed by atoms with E-state index in [-0.39, 0.29) is 5.91 Å². The molecule has 0 aliphatic carbocycles. The van der Waals surface area contributed by atoms with Gasteiger partial charge in [0.15, 0.2) is 0 Å². The number of hydrogen-bond acceptors (Lipinski definition) is 2. The Bertz CT molecular complexity index is 797. The van der Waals surface area contributed by atoms with Crippen LogP contribution in [0.2, 0.25) is 0 Å². The fourth-order valence-electron chi connectivity index (χ4n) is 2.47. The smallest absolute Gasteiger partial charge is 0.255 e. The number of carbonyl (C=O) groups is 1. The average Bonchev–Trinajstić information content (AvgIpc) is 2.56. The molecule has 0 unspecified atom stereocenters. The Morgan fingerprint density at radius 2 is 1.82 bits per heavy atom. The fraction of sp³-hybridized carbons (Fsp3) is 0.158. The molecule has 2 aromatic carbocycles. The minimum absolute atomic E-state index is 0.115. The van der Waals surface area contributed by atoms with Crippen molar-refractivity contribution < 1.29 is 4.79 Å². The molecule has 0 saturated heterocycles. The van der Waals surface area contributed by atoms with Gasteiger partial charge in [-0.3, -0.25) is 9.78 Å². The summed E-state index contributed by atoms with van der Waals surface area (Å²) in [5.74, 6) is -0.115. The first-order valence-corrected chi connectivity index (χ1v) is 7.53. The van der Waals surface area contributed by atoms with E-state index >= 15 is 0 Å². The molecule has 0 spiro atoms. The number of pyridine rings is 1. The van der Waals surface area contributed by atoms with Gasteiger partial charge in [-0.25, -0.2) is 0 Å². The second kappa shape index (κ2) is 6.39. The molecule has 3 rings (SSSR count).